The normalized spacial score (nSPS) is 14.1. The molecule has 1 atom stereocenters. The fourth-order valence-corrected chi connectivity index (χ4v) is 5.90. The summed E-state index contributed by atoms with van der Waals surface area (Å²) in [5.74, 6) is -4.12. The summed E-state index contributed by atoms with van der Waals surface area (Å²) in [6, 6.07) is 13.0. The largest absolute Gasteiger partial charge is 0.478 e. The SMILES string of the molecule is Cc1c(C(=O)O)ccc2c1CC[C@@H]2NC(=O)c1cc(C(=O)NCc2ccc(F)c(F)c2)n2nc(-c3cccs3)cc2n1. The van der Waals surface area contributed by atoms with E-state index in [-0.39, 0.29) is 35.2 Å². The van der Waals surface area contributed by atoms with E-state index in [1.54, 1.807) is 25.1 Å². The van der Waals surface area contributed by atoms with Crippen LogP contribution in [0.4, 0.5) is 8.78 Å². The van der Waals surface area contributed by atoms with Crippen molar-refractivity contribution in [2.24, 2.45) is 0 Å². The van der Waals surface area contributed by atoms with Crippen molar-refractivity contribution in [1.82, 2.24) is 25.2 Å². The number of rotatable bonds is 7. The van der Waals surface area contributed by atoms with Gasteiger partial charge in [0.05, 0.1) is 16.5 Å². The van der Waals surface area contributed by atoms with Crippen LogP contribution < -0.4 is 10.6 Å². The number of hydrogen-bond donors (Lipinski definition) is 3. The summed E-state index contributed by atoms with van der Waals surface area (Å²) in [6.45, 7) is 1.68. The summed E-state index contributed by atoms with van der Waals surface area (Å²) in [5, 5.41) is 21.5. The van der Waals surface area contributed by atoms with Crippen LogP contribution in [0.5, 0.6) is 0 Å². The summed E-state index contributed by atoms with van der Waals surface area (Å²) in [4.78, 5) is 43.7. The van der Waals surface area contributed by atoms with E-state index in [9.17, 15) is 28.3 Å². The van der Waals surface area contributed by atoms with Crippen molar-refractivity contribution in [1.29, 1.82) is 0 Å². The zero-order valence-corrected chi connectivity index (χ0v) is 23.0. The molecule has 0 saturated carbocycles. The lowest BCUT2D eigenvalue weighted by atomic mass is 9.98. The summed E-state index contributed by atoms with van der Waals surface area (Å²) in [7, 11) is 0. The monoisotopic (exact) mass is 587 g/mol. The number of benzene rings is 2. The molecule has 2 aromatic carbocycles. The maximum absolute atomic E-state index is 13.7. The van der Waals surface area contributed by atoms with Crippen molar-refractivity contribution in [3.05, 3.63) is 111 Å². The van der Waals surface area contributed by atoms with Gasteiger partial charge in [-0.3, -0.25) is 9.59 Å². The predicted octanol–water partition coefficient (Wildman–Crippen LogP) is 5.09. The van der Waals surface area contributed by atoms with Crippen LogP contribution in [0.1, 0.15) is 66.1 Å². The van der Waals surface area contributed by atoms with E-state index in [0.29, 0.717) is 29.7 Å². The van der Waals surface area contributed by atoms with Gasteiger partial charge in [0.1, 0.15) is 17.1 Å². The van der Waals surface area contributed by atoms with Gasteiger partial charge in [-0.1, -0.05) is 18.2 Å². The molecular weight excluding hydrogens is 564 g/mol. The average molecular weight is 588 g/mol. The molecule has 0 fully saturated rings. The van der Waals surface area contributed by atoms with Crippen molar-refractivity contribution in [2.45, 2.75) is 32.4 Å². The number of thiophene rings is 1. The molecule has 9 nitrogen and oxygen atoms in total. The smallest absolute Gasteiger partial charge is 0.335 e. The van der Waals surface area contributed by atoms with Gasteiger partial charge in [-0.25, -0.2) is 23.1 Å². The third-order valence-corrected chi connectivity index (χ3v) is 8.22. The van der Waals surface area contributed by atoms with Gasteiger partial charge in [-0.15, -0.1) is 11.3 Å². The van der Waals surface area contributed by atoms with E-state index in [1.807, 2.05) is 17.5 Å². The molecule has 1 aliphatic rings. The van der Waals surface area contributed by atoms with Crippen LogP contribution in [-0.2, 0) is 13.0 Å². The van der Waals surface area contributed by atoms with Crippen molar-refractivity contribution < 1.29 is 28.3 Å². The van der Waals surface area contributed by atoms with Crippen molar-refractivity contribution in [3.8, 4) is 10.6 Å². The highest BCUT2D eigenvalue weighted by molar-refractivity contribution is 7.13. The molecule has 0 spiro atoms. The first-order valence-electron chi connectivity index (χ1n) is 13.0. The Morgan fingerprint density at radius 2 is 1.90 bits per heavy atom. The average Bonchev–Trinajstić information content (AvgIpc) is 3.73. The Bertz CT molecular complexity index is 1890. The summed E-state index contributed by atoms with van der Waals surface area (Å²) in [5.41, 5.74) is 3.88. The molecule has 3 aromatic heterocycles. The number of aromatic carboxylic acids is 1. The van der Waals surface area contributed by atoms with Gasteiger partial charge < -0.3 is 15.7 Å². The third kappa shape index (κ3) is 5.00. The molecule has 1 aliphatic carbocycles. The highest BCUT2D eigenvalue weighted by atomic mass is 32.1. The molecule has 12 heteroatoms. The number of hydrogen-bond acceptors (Lipinski definition) is 6. The van der Waals surface area contributed by atoms with Crippen LogP contribution in [0.3, 0.4) is 0 Å². The van der Waals surface area contributed by atoms with Crippen LogP contribution in [0.2, 0.25) is 0 Å². The molecule has 42 heavy (non-hydrogen) atoms. The Balaban J connectivity index is 1.31. The number of carbonyl (C=O) groups is 3. The minimum Gasteiger partial charge on any atom is -0.478 e. The Morgan fingerprint density at radius 1 is 1.07 bits per heavy atom. The van der Waals surface area contributed by atoms with Crippen molar-refractivity contribution in [2.75, 3.05) is 0 Å². The number of halogens is 2. The molecule has 6 rings (SSSR count). The molecular formula is C30H23F2N5O4S. The van der Waals surface area contributed by atoms with Crippen molar-refractivity contribution in [3.63, 3.8) is 0 Å². The fourth-order valence-electron chi connectivity index (χ4n) is 5.21. The number of fused-ring (bicyclic) bond motifs is 2. The lowest BCUT2D eigenvalue weighted by Gasteiger charge is -2.16. The van der Waals surface area contributed by atoms with E-state index in [1.165, 1.54) is 28.0 Å². The van der Waals surface area contributed by atoms with Gasteiger partial charge in [0.2, 0.25) is 0 Å². The highest BCUT2D eigenvalue weighted by Crippen LogP contribution is 2.35. The molecule has 0 unspecified atom stereocenters. The topological polar surface area (TPSA) is 126 Å². The maximum atomic E-state index is 13.7. The Kier molecular flexibility index (Phi) is 6.99. The van der Waals surface area contributed by atoms with E-state index >= 15 is 0 Å². The standard InChI is InChI=1S/C30H23F2N5O4S/c1-15-17-7-9-22(19(17)6-5-18(15)30(40)41)35-28(38)24-12-25(29(39)33-14-16-4-8-20(31)21(32)11-16)37-27(34-24)13-23(36-37)26-3-2-10-42-26/h2-6,8,10-13,22H,7,9,14H2,1H3,(H,33,39)(H,35,38)(H,40,41)/t22-/m0/s1. The van der Waals surface area contributed by atoms with E-state index in [4.69, 9.17) is 0 Å². The molecule has 3 N–H and O–H groups in total. The number of carboxylic acid groups (broad SMARTS) is 1. The number of carbonyl (C=O) groups excluding carboxylic acids is 2. The molecule has 3 heterocycles. The van der Waals surface area contributed by atoms with Crippen LogP contribution in [0.15, 0.2) is 60.0 Å². The summed E-state index contributed by atoms with van der Waals surface area (Å²) >= 11 is 1.46. The summed E-state index contributed by atoms with van der Waals surface area (Å²) < 4.78 is 28.3. The van der Waals surface area contributed by atoms with Crippen LogP contribution >= 0.6 is 11.3 Å². The van der Waals surface area contributed by atoms with E-state index in [2.05, 4.69) is 20.7 Å². The van der Waals surface area contributed by atoms with Gasteiger partial charge in [-0.05, 0) is 71.7 Å². The molecule has 212 valence electrons. The van der Waals surface area contributed by atoms with E-state index in [0.717, 1.165) is 28.1 Å². The maximum Gasteiger partial charge on any atom is 0.335 e. The second-order valence-electron chi connectivity index (χ2n) is 9.91. The lowest BCUT2D eigenvalue weighted by Crippen LogP contribution is -2.30. The Hall–Kier alpha value is -4.97. The van der Waals surface area contributed by atoms with Gasteiger partial charge >= 0.3 is 5.97 Å². The van der Waals surface area contributed by atoms with Gasteiger partial charge in [-0.2, -0.15) is 5.10 Å². The quantitative estimate of drug-likeness (QED) is 0.244. The Morgan fingerprint density at radius 3 is 2.64 bits per heavy atom. The highest BCUT2D eigenvalue weighted by Gasteiger charge is 2.29. The first-order valence-corrected chi connectivity index (χ1v) is 13.9. The zero-order valence-electron chi connectivity index (χ0n) is 22.1. The van der Waals surface area contributed by atoms with Crippen LogP contribution in [0, 0.1) is 18.6 Å². The number of amides is 2. The van der Waals surface area contributed by atoms with Gasteiger partial charge in [0.25, 0.3) is 11.8 Å². The molecule has 0 radical (unpaired) electrons. The Labute approximate surface area is 241 Å². The second kappa shape index (κ2) is 10.8. The zero-order chi connectivity index (χ0) is 29.5. The van der Waals surface area contributed by atoms with Crippen LogP contribution in [-0.4, -0.2) is 37.5 Å². The number of nitrogens with one attached hydrogen (secondary N) is 2. The second-order valence-corrected chi connectivity index (χ2v) is 10.9. The third-order valence-electron chi connectivity index (χ3n) is 7.33. The first-order chi connectivity index (χ1) is 20.2. The predicted molar refractivity (Wildman–Crippen MR) is 150 cm³/mol. The first kappa shape index (κ1) is 27.2. The van der Waals surface area contributed by atoms with Gasteiger partial charge in [0, 0.05) is 18.7 Å². The molecule has 5 aromatic rings. The number of carboxylic acids is 1. The summed E-state index contributed by atoms with van der Waals surface area (Å²) in [6.07, 6.45) is 1.20. The van der Waals surface area contributed by atoms with Crippen LogP contribution in [0.25, 0.3) is 16.2 Å². The molecule has 0 bridgehead atoms. The van der Waals surface area contributed by atoms with Gasteiger partial charge in [0.15, 0.2) is 17.3 Å². The number of aromatic nitrogens is 3. The lowest BCUT2D eigenvalue weighted by molar-refractivity contribution is 0.0695. The minimum atomic E-state index is -1.03. The molecule has 0 aliphatic heterocycles. The fraction of sp³-hybridized carbons (Fsp3) is 0.167. The minimum absolute atomic E-state index is 0.00886. The van der Waals surface area contributed by atoms with Crippen molar-refractivity contribution >= 4 is 34.8 Å². The molecule has 2 amide bonds. The number of nitrogens with zero attached hydrogens (tertiary/aromatic N) is 3. The van der Waals surface area contributed by atoms with E-state index < -0.39 is 29.4 Å². The molecule has 0 saturated heterocycles.